The van der Waals surface area contributed by atoms with E-state index in [4.69, 9.17) is 4.74 Å². The maximum absolute atomic E-state index is 13.5. The van der Waals surface area contributed by atoms with Gasteiger partial charge in [-0.1, -0.05) is 61.2 Å². The van der Waals surface area contributed by atoms with Crippen molar-refractivity contribution in [3.63, 3.8) is 0 Å². The Balaban J connectivity index is 1.86. The summed E-state index contributed by atoms with van der Waals surface area (Å²) in [5, 5.41) is 4.04. The lowest BCUT2D eigenvalue weighted by atomic mass is 9.95. The van der Waals surface area contributed by atoms with E-state index in [0.29, 0.717) is 12.3 Å². The SMILES string of the molecule is COc1ccc(C(C(=O)Cc2ccc([Si](C)(C)C)cc2)N(C)C(=O)C2CNC(=O)C2)cc1. The van der Waals surface area contributed by atoms with Gasteiger partial charge in [0.1, 0.15) is 11.8 Å². The molecule has 3 rings (SSSR count). The fourth-order valence-corrected chi connectivity index (χ4v) is 5.19. The van der Waals surface area contributed by atoms with E-state index in [-0.39, 0.29) is 30.4 Å². The Morgan fingerprint density at radius 1 is 1.09 bits per heavy atom. The predicted molar refractivity (Wildman–Crippen MR) is 128 cm³/mol. The van der Waals surface area contributed by atoms with Gasteiger partial charge < -0.3 is 15.0 Å². The van der Waals surface area contributed by atoms with Crippen LogP contribution < -0.4 is 15.2 Å². The monoisotopic (exact) mass is 452 g/mol. The van der Waals surface area contributed by atoms with Gasteiger partial charge in [0.25, 0.3) is 0 Å². The van der Waals surface area contributed by atoms with Crippen LogP contribution in [0.4, 0.5) is 0 Å². The second kappa shape index (κ2) is 9.69. The van der Waals surface area contributed by atoms with Crippen LogP contribution in [0.5, 0.6) is 5.75 Å². The molecule has 2 atom stereocenters. The lowest BCUT2D eigenvalue weighted by Crippen LogP contribution is -2.40. The van der Waals surface area contributed by atoms with Crippen molar-refractivity contribution in [2.45, 2.75) is 38.5 Å². The van der Waals surface area contributed by atoms with Gasteiger partial charge in [0.2, 0.25) is 11.8 Å². The normalized spacial score (nSPS) is 16.9. The van der Waals surface area contributed by atoms with Gasteiger partial charge in [0.05, 0.1) is 21.1 Å². The number of methoxy groups -OCH3 is 1. The number of carbonyl (C=O) groups is 3. The van der Waals surface area contributed by atoms with Crippen LogP contribution in [-0.2, 0) is 20.8 Å². The topological polar surface area (TPSA) is 75.7 Å². The van der Waals surface area contributed by atoms with E-state index >= 15 is 0 Å². The van der Waals surface area contributed by atoms with Crippen molar-refractivity contribution in [1.29, 1.82) is 0 Å². The number of hydrogen-bond donors (Lipinski definition) is 1. The Morgan fingerprint density at radius 3 is 2.22 bits per heavy atom. The van der Waals surface area contributed by atoms with Crippen LogP contribution in [0.15, 0.2) is 48.5 Å². The summed E-state index contributed by atoms with van der Waals surface area (Å²) in [5.74, 6) is -0.166. The molecule has 1 aliphatic rings. The number of hydrogen-bond acceptors (Lipinski definition) is 4. The van der Waals surface area contributed by atoms with Crippen LogP contribution >= 0.6 is 0 Å². The molecule has 7 heteroatoms. The summed E-state index contributed by atoms with van der Waals surface area (Å²) < 4.78 is 5.24. The molecule has 1 N–H and O–H groups in total. The first kappa shape index (κ1) is 23.7. The molecule has 0 spiro atoms. The first-order valence-corrected chi connectivity index (χ1v) is 14.4. The molecular formula is C25H32N2O4Si. The molecular weight excluding hydrogens is 420 g/mol. The highest BCUT2D eigenvalue weighted by molar-refractivity contribution is 6.88. The van der Waals surface area contributed by atoms with Gasteiger partial charge in [-0.3, -0.25) is 14.4 Å². The molecule has 0 bridgehead atoms. The molecule has 0 radical (unpaired) electrons. The lowest BCUT2D eigenvalue weighted by Gasteiger charge is -2.29. The van der Waals surface area contributed by atoms with E-state index in [1.165, 1.54) is 10.1 Å². The van der Waals surface area contributed by atoms with E-state index < -0.39 is 20.0 Å². The molecule has 2 aromatic carbocycles. The van der Waals surface area contributed by atoms with E-state index in [1.54, 1.807) is 26.3 Å². The van der Waals surface area contributed by atoms with E-state index in [9.17, 15) is 14.4 Å². The second-order valence-electron chi connectivity index (χ2n) is 9.42. The Morgan fingerprint density at radius 2 is 1.72 bits per heavy atom. The lowest BCUT2D eigenvalue weighted by molar-refractivity contribution is -0.141. The van der Waals surface area contributed by atoms with Gasteiger partial charge in [0, 0.05) is 26.4 Å². The largest absolute Gasteiger partial charge is 0.497 e. The quantitative estimate of drug-likeness (QED) is 0.625. The standard InChI is InChI=1S/C25H32N2O4Si/c1-27(25(30)19-15-23(29)26-16-19)24(18-8-10-20(31-2)11-9-18)22(28)14-17-6-12-21(13-7-17)32(3,4)5/h6-13,19,24H,14-16H2,1-5H3,(H,26,29). The third-order valence-corrected chi connectivity index (χ3v) is 8.06. The number of rotatable bonds is 8. The van der Waals surface area contributed by atoms with E-state index in [0.717, 1.165) is 11.1 Å². The van der Waals surface area contributed by atoms with Crippen LogP contribution in [0, 0.1) is 5.92 Å². The summed E-state index contributed by atoms with van der Waals surface area (Å²) in [7, 11) is 1.81. The molecule has 2 amide bonds. The fourth-order valence-electron chi connectivity index (χ4n) is 4.03. The predicted octanol–water partition coefficient (Wildman–Crippen LogP) is 2.69. The molecule has 32 heavy (non-hydrogen) atoms. The van der Waals surface area contributed by atoms with Crippen molar-refractivity contribution < 1.29 is 19.1 Å². The van der Waals surface area contributed by atoms with Crippen molar-refractivity contribution in [3.05, 3.63) is 59.7 Å². The number of ether oxygens (including phenoxy) is 1. The minimum absolute atomic E-state index is 0.0657. The van der Waals surface area contributed by atoms with Crippen molar-refractivity contribution in [3.8, 4) is 5.75 Å². The summed E-state index contributed by atoms with van der Waals surface area (Å²) >= 11 is 0. The number of benzene rings is 2. The molecule has 2 unspecified atom stereocenters. The summed E-state index contributed by atoms with van der Waals surface area (Å²) in [6.45, 7) is 7.17. The first-order chi connectivity index (χ1) is 15.1. The Kier molecular flexibility index (Phi) is 7.18. The third-order valence-electron chi connectivity index (χ3n) is 6.00. The van der Waals surface area contributed by atoms with Gasteiger partial charge in [0.15, 0.2) is 5.78 Å². The highest BCUT2D eigenvalue weighted by atomic mass is 28.3. The van der Waals surface area contributed by atoms with Gasteiger partial charge in [-0.25, -0.2) is 0 Å². The maximum atomic E-state index is 13.5. The highest BCUT2D eigenvalue weighted by Crippen LogP contribution is 2.27. The molecule has 2 aromatic rings. The molecule has 1 aliphatic heterocycles. The van der Waals surface area contributed by atoms with E-state index in [1.807, 2.05) is 24.3 Å². The molecule has 170 valence electrons. The number of amides is 2. The van der Waals surface area contributed by atoms with Gasteiger partial charge in [-0.05, 0) is 23.3 Å². The van der Waals surface area contributed by atoms with Crippen molar-refractivity contribution in [2.75, 3.05) is 20.7 Å². The maximum Gasteiger partial charge on any atom is 0.228 e. The average Bonchev–Trinajstić information content (AvgIpc) is 3.19. The molecule has 0 aromatic heterocycles. The van der Waals surface area contributed by atoms with Crippen LogP contribution in [0.3, 0.4) is 0 Å². The Labute approximate surface area is 191 Å². The van der Waals surface area contributed by atoms with Crippen molar-refractivity contribution >= 4 is 30.9 Å². The van der Waals surface area contributed by atoms with Gasteiger partial charge in [-0.2, -0.15) is 0 Å². The molecule has 6 nitrogen and oxygen atoms in total. The minimum atomic E-state index is -1.42. The highest BCUT2D eigenvalue weighted by Gasteiger charge is 2.35. The zero-order valence-corrected chi connectivity index (χ0v) is 20.5. The Hall–Kier alpha value is -2.93. The molecule has 1 saturated heterocycles. The Bertz CT molecular complexity index is 980. The van der Waals surface area contributed by atoms with Crippen LogP contribution in [-0.4, -0.2) is 51.3 Å². The number of nitrogens with one attached hydrogen (secondary N) is 1. The second-order valence-corrected chi connectivity index (χ2v) is 14.5. The summed E-state index contributed by atoms with van der Waals surface area (Å²) in [6, 6.07) is 14.7. The zero-order chi connectivity index (χ0) is 23.5. The number of carbonyl (C=O) groups excluding carboxylic acids is 3. The molecule has 0 saturated carbocycles. The fraction of sp³-hybridized carbons (Fsp3) is 0.400. The average molecular weight is 453 g/mol. The molecule has 0 aliphatic carbocycles. The van der Waals surface area contributed by atoms with Crippen molar-refractivity contribution in [1.82, 2.24) is 10.2 Å². The smallest absolute Gasteiger partial charge is 0.228 e. The van der Waals surface area contributed by atoms with Crippen LogP contribution in [0.2, 0.25) is 19.6 Å². The summed E-state index contributed by atoms with van der Waals surface area (Å²) in [5.41, 5.74) is 1.65. The molecule has 1 heterocycles. The van der Waals surface area contributed by atoms with Crippen LogP contribution in [0.25, 0.3) is 0 Å². The number of nitrogens with zero attached hydrogens (tertiary/aromatic N) is 1. The molecule has 1 fully saturated rings. The van der Waals surface area contributed by atoms with Crippen molar-refractivity contribution in [2.24, 2.45) is 5.92 Å². The van der Waals surface area contributed by atoms with E-state index in [2.05, 4.69) is 37.1 Å². The van der Waals surface area contributed by atoms with Gasteiger partial charge >= 0.3 is 0 Å². The number of Topliss-reactive ketones (excluding diaryl/α,β-unsaturated/α-hetero) is 1. The number of ketones is 1. The minimum Gasteiger partial charge on any atom is -0.497 e. The van der Waals surface area contributed by atoms with Gasteiger partial charge in [-0.15, -0.1) is 0 Å². The summed E-state index contributed by atoms with van der Waals surface area (Å²) in [6.07, 6.45) is 0.382. The number of likely N-dealkylation sites (N-methyl/N-ethyl adjacent to an activating group) is 1. The summed E-state index contributed by atoms with van der Waals surface area (Å²) in [4.78, 5) is 39.7. The first-order valence-electron chi connectivity index (χ1n) is 10.9. The van der Waals surface area contributed by atoms with Crippen LogP contribution in [0.1, 0.15) is 23.6 Å². The zero-order valence-electron chi connectivity index (χ0n) is 19.5. The third kappa shape index (κ3) is 5.45.